The maximum atomic E-state index is 13.1. The summed E-state index contributed by atoms with van der Waals surface area (Å²) in [5.41, 5.74) is 5.16. The second kappa shape index (κ2) is 8.15. The quantitative estimate of drug-likeness (QED) is 0.355. The van der Waals surface area contributed by atoms with Gasteiger partial charge in [0.1, 0.15) is 5.75 Å². The molecule has 0 radical (unpaired) electrons. The molecule has 0 fully saturated rings. The van der Waals surface area contributed by atoms with Gasteiger partial charge < -0.3 is 14.8 Å². The molecule has 1 aliphatic carbocycles. The molecule has 5 rings (SSSR count). The van der Waals surface area contributed by atoms with Crippen molar-refractivity contribution in [3.05, 3.63) is 94.9 Å². The highest BCUT2D eigenvalue weighted by Gasteiger charge is 2.28. The summed E-state index contributed by atoms with van der Waals surface area (Å²) in [6.45, 7) is -0.332. The number of nitrogens with one attached hydrogen (secondary N) is 1. The van der Waals surface area contributed by atoms with E-state index < -0.39 is 5.97 Å². The van der Waals surface area contributed by atoms with Gasteiger partial charge in [0.05, 0.1) is 22.5 Å². The van der Waals surface area contributed by atoms with Gasteiger partial charge in [-0.05, 0) is 65.9 Å². The first-order valence-corrected chi connectivity index (χ1v) is 10.4. The highest BCUT2D eigenvalue weighted by Crippen LogP contribution is 2.37. The van der Waals surface area contributed by atoms with Crippen molar-refractivity contribution in [1.82, 2.24) is 9.97 Å². The number of fused-ring (bicyclic) bond motifs is 2. The lowest BCUT2D eigenvalue weighted by Crippen LogP contribution is -2.16. The number of ether oxygens (including phenoxy) is 1. The van der Waals surface area contributed by atoms with Crippen molar-refractivity contribution in [2.45, 2.75) is 12.8 Å². The molecule has 2 heterocycles. The summed E-state index contributed by atoms with van der Waals surface area (Å²) < 4.78 is 5.43. The number of pyridine rings is 1. The number of rotatable bonds is 5. The molecule has 2 aromatic heterocycles. The average molecular weight is 424 g/mol. The van der Waals surface area contributed by atoms with Crippen molar-refractivity contribution >= 4 is 34.3 Å². The Kier molecular flexibility index (Phi) is 5.03. The SMILES string of the molecule is O=C(COC(=O)c1c2c(nc3ccccc13)/C(=C/c1ccc(O)cc1)CC2)c1ccc[nH]1. The molecule has 2 aromatic carbocycles. The van der Waals surface area contributed by atoms with Crippen LogP contribution in [0.1, 0.15) is 44.1 Å². The molecule has 0 spiro atoms. The van der Waals surface area contributed by atoms with Crippen LogP contribution in [0, 0.1) is 0 Å². The smallest absolute Gasteiger partial charge is 0.339 e. The van der Waals surface area contributed by atoms with Crippen molar-refractivity contribution in [1.29, 1.82) is 0 Å². The number of Topliss-reactive ketones (excluding diaryl/α,β-unsaturated/α-hetero) is 1. The Morgan fingerprint density at radius 3 is 2.62 bits per heavy atom. The van der Waals surface area contributed by atoms with Gasteiger partial charge in [-0.2, -0.15) is 0 Å². The van der Waals surface area contributed by atoms with Gasteiger partial charge in [-0.15, -0.1) is 0 Å². The number of aromatic amines is 1. The van der Waals surface area contributed by atoms with Gasteiger partial charge >= 0.3 is 5.97 Å². The Labute approximate surface area is 184 Å². The lowest BCUT2D eigenvalue weighted by atomic mass is 10.0. The Morgan fingerprint density at radius 2 is 1.84 bits per heavy atom. The third kappa shape index (κ3) is 3.67. The fourth-order valence-corrected chi connectivity index (χ4v) is 4.07. The number of nitrogens with zero attached hydrogens (tertiary/aromatic N) is 1. The van der Waals surface area contributed by atoms with Crippen LogP contribution in [0.3, 0.4) is 0 Å². The Bertz CT molecular complexity index is 1350. The van der Waals surface area contributed by atoms with Gasteiger partial charge in [0.25, 0.3) is 0 Å². The molecule has 0 saturated carbocycles. The minimum atomic E-state index is -0.523. The molecule has 0 atom stereocenters. The van der Waals surface area contributed by atoms with Crippen LogP contribution in [0.4, 0.5) is 0 Å². The summed E-state index contributed by atoms with van der Waals surface area (Å²) >= 11 is 0. The van der Waals surface area contributed by atoms with Crippen LogP contribution < -0.4 is 0 Å². The summed E-state index contributed by atoms with van der Waals surface area (Å²) in [5.74, 6) is -0.598. The number of phenols is 1. The summed E-state index contributed by atoms with van der Waals surface area (Å²) in [6.07, 6.45) is 5.07. The summed E-state index contributed by atoms with van der Waals surface area (Å²) in [4.78, 5) is 33.1. The molecule has 0 bridgehead atoms. The molecule has 1 aliphatic rings. The number of carbonyl (C=O) groups is 2. The van der Waals surface area contributed by atoms with Crippen molar-refractivity contribution in [3.8, 4) is 5.75 Å². The van der Waals surface area contributed by atoms with Gasteiger partial charge in [-0.1, -0.05) is 30.3 Å². The lowest BCUT2D eigenvalue weighted by Gasteiger charge is -2.12. The predicted octanol–water partition coefficient (Wildman–Crippen LogP) is 4.80. The molecule has 158 valence electrons. The Balaban J connectivity index is 1.52. The third-order valence-corrected chi connectivity index (χ3v) is 5.61. The number of benzene rings is 2. The van der Waals surface area contributed by atoms with Crippen molar-refractivity contribution in [2.75, 3.05) is 6.61 Å². The van der Waals surface area contributed by atoms with Crippen LogP contribution in [0.25, 0.3) is 22.6 Å². The van der Waals surface area contributed by atoms with Crippen LogP contribution in [0.2, 0.25) is 0 Å². The van der Waals surface area contributed by atoms with E-state index in [0.29, 0.717) is 23.2 Å². The van der Waals surface area contributed by atoms with Crippen LogP contribution in [-0.4, -0.2) is 33.4 Å². The molecule has 0 saturated heterocycles. The molecular weight excluding hydrogens is 404 g/mol. The number of carbonyl (C=O) groups excluding carboxylic acids is 2. The van der Waals surface area contributed by atoms with Gasteiger partial charge in [0, 0.05) is 11.6 Å². The first-order valence-electron chi connectivity index (χ1n) is 10.4. The summed E-state index contributed by atoms with van der Waals surface area (Å²) in [5, 5.41) is 10.2. The number of aromatic hydroxyl groups is 1. The Hall–Kier alpha value is -4.19. The highest BCUT2D eigenvalue weighted by atomic mass is 16.5. The number of para-hydroxylation sites is 1. The number of aromatic nitrogens is 2. The summed E-state index contributed by atoms with van der Waals surface area (Å²) in [6, 6.07) is 17.8. The van der Waals surface area contributed by atoms with E-state index in [4.69, 9.17) is 9.72 Å². The zero-order valence-corrected chi connectivity index (χ0v) is 17.2. The standard InChI is InChI=1S/C26H20N2O4/c29-18-10-7-16(8-11-18)14-17-9-12-20-24(19-4-1-2-5-21(19)28-25(17)20)26(31)32-15-23(30)22-6-3-13-27-22/h1-8,10-11,13-14,27,29H,9,12,15H2/b17-14+. The second-order valence-electron chi connectivity index (χ2n) is 7.68. The first-order chi connectivity index (χ1) is 15.6. The monoisotopic (exact) mass is 424 g/mol. The number of ketones is 1. The van der Waals surface area contributed by atoms with Crippen molar-refractivity contribution in [3.63, 3.8) is 0 Å². The van der Waals surface area contributed by atoms with Crippen molar-refractivity contribution in [2.24, 2.45) is 0 Å². The zero-order chi connectivity index (χ0) is 22.1. The fraction of sp³-hybridized carbons (Fsp3) is 0.115. The largest absolute Gasteiger partial charge is 0.508 e. The molecule has 0 amide bonds. The third-order valence-electron chi connectivity index (χ3n) is 5.61. The van der Waals surface area contributed by atoms with E-state index in [1.165, 1.54) is 0 Å². The maximum Gasteiger partial charge on any atom is 0.339 e. The molecule has 6 heteroatoms. The van der Waals surface area contributed by atoms with Gasteiger partial charge in [-0.3, -0.25) is 4.79 Å². The van der Waals surface area contributed by atoms with Gasteiger partial charge in [-0.25, -0.2) is 9.78 Å². The topological polar surface area (TPSA) is 92.3 Å². The number of allylic oxidation sites excluding steroid dienone is 1. The minimum Gasteiger partial charge on any atom is -0.508 e. The predicted molar refractivity (Wildman–Crippen MR) is 121 cm³/mol. The molecule has 0 aliphatic heterocycles. The second-order valence-corrected chi connectivity index (χ2v) is 7.68. The number of phenolic OH excluding ortho intramolecular Hbond substituents is 1. The number of hydrogen-bond donors (Lipinski definition) is 2. The van der Waals surface area contributed by atoms with E-state index in [9.17, 15) is 14.7 Å². The molecule has 2 N–H and O–H groups in total. The first kappa shape index (κ1) is 19.8. The summed E-state index contributed by atoms with van der Waals surface area (Å²) in [7, 11) is 0. The number of esters is 1. The molecule has 4 aromatic rings. The van der Waals surface area contributed by atoms with E-state index in [1.54, 1.807) is 30.5 Å². The van der Waals surface area contributed by atoms with E-state index in [0.717, 1.165) is 34.2 Å². The van der Waals surface area contributed by atoms with Gasteiger partial charge in [0.15, 0.2) is 6.61 Å². The normalized spacial score (nSPS) is 13.9. The lowest BCUT2D eigenvalue weighted by molar-refractivity contribution is 0.0474. The Morgan fingerprint density at radius 1 is 1.03 bits per heavy atom. The van der Waals surface area contributed by atoms with Crippen LogP contribution in [-0.2, 0) is 11.2 Å². The fourth-order valence-electron chi connectivity index (χ4n) is 4.07. The van der Waals surface area contributed by atoms with Crippen LogP contribution in [0.5, 0.6) is 5.75 Å². The maximum absolute atomic E-state index is 13.1. The van der Waals surface area contributed by atoms with E-state index in [1.807, 2.05) is 42.5 Å². The van der Waals surface area contributed by atoms with E-state index in [-0.39, 0.29) is 18.1 Å². The molecule has 32 heavy (non-hydrogen) atoms. The van der Waals surface area contributed by atoms with Crippen LogP contribution in [0.15, 0.2) is 66.9 Å². The highest BCUT2D eigenvalue weighted by molar-refractivity contribution is 6.08. The molecule has 0 unspecified atom stereocenters. The van der Waals surface area contributed by atoms with Gasteiger partial charge in [0.2, 0.25) is 5.78 Å². The molecular formula is C26H20N2O4. The van der Waals surface area contributed by atoms with Crippen LogP contribution >= 0.6 is 0 Å². The number of H-pyrrole nitrogens is 1. The average Bonchev–Trinajstić information content (AvgIpc) is 3.48. The molecule has 6 nitrogen and oxygen atoms in total. The van der Waals surface area contributed by atoms with E-state index in [2.05, 4.69) is 4.98 Å². The van der Waals surface area contributed by atoms with Crippen molar-refractivity contribution < 1.29 is 19.4 Å². The van der Waals surface area contributed by atoms with E-state index >= 15 is 0 Å². The number of hydrogen-bond acceptors (Lipinski definition) is 5. The minimum absolute atomic E-state index is 0.210. The zero-order valence-electron chi connectivity index (χ0n) is 17.2.